The summed E-state index contributed by atoms with van der Waals surface area (Å²) in [5, 5.41) is 13.6. The number of halogens is 2. The van der Waals surface area contributed by atoms with E-state index in [0.717, 1.165) is 12.8 Å². The Kier molecular flexibility index (Phi) is 3.48. The van der Waals surface area contributed by atoms with Gasteiger partial charge in [0.15, 0.2) is 5.82 Å². The largest absolute Gasteiger partial charge is 0.307 e. The average Bonchev–Trinajstić information content (AvgIpc) is 3.13. The number of nitrogen functional groups attached to an aromatic ring is 1. The van der Waals surface area contributed by atoms with E-state index in [1.807, 2.05) is 0 Å². The summed E-state index contributed by atoms with van der Waals surface area (Å²) in [7, 11) is 0. The predicted octanol–water partition coefficient (Wildman–Crippen LogP) is 2.15. The number of nitrogens with two attached hydrogens (primary N) is 1. The van der Waals surface area contributed by atoms with Gasteiger partial charge in [0.2, 0.25) is 5.16 Å². The fourth-order valence-corrected chi connectivity index (χ4v) is 2.86. The highest BCUT2D eigenvalue weighted by atomic mass is 35.5. The summed E-state index contributed by atoms with van der Waals surface area (Å²) in [5.74, 6) is 5.70. The summed E-state index contributed by atoms with van der Waals surface area (Å²) in [6, 6.07) is 1.97. The van der Waals surface area contributed by atoms with Gasteiger partial charge in [0.25, 0.3) is 0 Å². The van der Waals surface area contributed by atoms with Crippen molar-refractivity contribution in [3.05, 3.63) is 16.1 Å². The first-order valence-electron chi connectivity index (χ1n) is 5.47. The number of pyridine rings is 1. The van der Waals surface area contributed by atoms with Crippen LogP contribution in [-0.4, -0.2) is 25.2 Å². The Morgan fingerprint density at radius 3 is 2.84 bits per heavy atom. The molecule has 0 aromatic carbocycles. The van der Waals surface area contributed by atoms with Gasteiger partial charge in [-0.05, 0) is 41.1 Å². The first-order chi connectivity index (χ1) is 9.19. The van der Waals surface area contributed by atoms with Crippen molar-refractivity contribution in [1.29, 1.82) is 0 Å². The van der Waals surface area contributed by atoms with E-state index in [2.05, 4.69) is 25.9 Å². The van der Waals surface area contributed by atoms with E-state index in [-0.39, 0.29) is 0 Å². The Morgan fingerprint density at radius 2 is 2.16 bits per heavy atom. The molecule has 100 valence electrons. The Bertz CT molecular complexity index is 613. The minimum atomic E-state index is 0.360. The van der Waals surface area contributed by atoms with Crippen LogP contribution in [0.15, 0.2) is 16.2 Å². The van der Waals surface area contributed by atoms with Gasteiger partial charge in [-0.1, -0.05) is 23.2 Å². The second-order valence-corrected chi connectivity index (χ2v) is 5.76. The van der Waals surface area contributed by atoms with E-state index in [0.29, 0.717) is 32.1 Å². The minimum Gasteiger partial charge on any atom is -0.307 e. The van der Waals surface area contributed by atoms with Crippen molar-refractivity contribution in [2.75, 3.05) is 5.43 Å². The van der Waals surface area contributed by atoms with E-state index in [9.17, 15) is 0 Å². The zero-order chi connectivity index (χ0) is 13.4. The minimum absolute atomic E-state index is 0.360. The number of hydrogen-bond acceptors (Lipinski definition) is 7. The highest BCUT2D eigenvalue weighted by molar-refractivity contribution is 7.99. The summed E-state index contributed by atoms with van der Waals surface area (Å²) < 4.78 is 1.78. The van der Waals surface area contributed by atoms with Gasteiger partial charge in [-0.25, -0.2) is 15.5 Å². The summed E-state index contributed by atoms with van der Waals surface area (Å²) in [5.41, 5.74) is 2.42. The number of hydrogen-bond donors (Lipinski definition) is 2. The smallest absolute Gasteiger partial charge is 0.215 e. The summed E-state index contributed by atoms with van der Waals surface area (Å²) in [4.78, 5) is 4.24. The number of hydrazine groups is 1. The molecule has 2 aromatic heterocycles. The van der Waals surface area contributed by atoms with Crippen molar-refractivity contribution >= 4 is 40.8 Å². The third kappa shape index (κ3) is 2.62. The van der Waals surface area contributed by atoms with Crippen LogP contribution in [0, 0.1) is 0 Å². The lowest BCUT2D eigenvalue weighted by molar-refractivity contribution is 0.565. The molecule has 1 aliphatic rings. The normalized spacial score (nSPS) is 14.7. The van der Waals surface area contributed by atoms with Crippen LogP contribution in [-0.2, 0) is 0 Å². The van der Waals surface area contributed by atoms with Crippen molar-refractivity contribution in [1.82, 2.24) is 25.2 Å². The van der Waals surface area contributed by atoms with Gasteiger partial charge in [-0.15, -0.1) is 5.10 Å². The highest BCUT2D eigenvalue weighted by Crippen LogP contribution is 2.39. The second kappa shape index (κ2) is 5.12. The van der Waals surface area contributed by atoms with E-state index in [1.54, 1.807) is 10.7 Å². The number of rotatable bonds is 4. The van der Waals surface area contributed by atoms with Crippen LogP contribution in [0.5, 0.6) is 0 Å². The molecule has 0 saturated heterocycles. The first kappa shape index (κ1) is 12.9. The van der Waals surface area contributed by atoms with Crippen molar-refractivity contribution in [3.63, 3.8) is 0 Å². The zero-order valence-corrected chi connectivity index (χ0v) is 11.9. The lowest BCUT2D eigenvalue weighted by Gasteiger charge is -2.07. The Hall–Kier alpha value is -1.09. The molecule has 0 aliphatic heterocycles. The maximum atomic E-state index is 6.11. The average molecular weight is 318 g/mol. The number of nitrogens with one attached hydrogen (secondary N) is 1. The lowest BCUT2D eigenvalue weighted by atomic mass is 10.4. The topological polar surface area (TPSA) is 94.5 Å². The molecule has 0 spiro atoms. The summed E-state index contributed by atoms with van der Waals surface area (Å²) in [6.45, 7) is 0. The fraction of sp³-hybridized carbons (Fsp3) is 0.333. The molecule has 3 N–H and O–H groups in total. The SMILES string of the molecule is NNc1nc(Sc2nnnn2C2CC2)c(Cl)cc1Cl. The molecule has 0 atom stereocenters. The molecule has 3 rings (SSSR count). The molecule has 1 saturated carbocycles. The summed E-state index contributed by atoms with van der Waals surface area (Å²) in [6.07, 6.45) is 2.19. The third-order valence-electron chi connectivity index (χ3n) is 2.58. The first-order valence-corrected chi connectivity index (χ1v) is 7.04. The van der Waals surface area contributed by atoms with Crippen molar-refractivity contribution in [2.45, 2.75) is 29.1 Å². The lowest BCUT2D eigenvalue weighted by Crippen LogP contribution is -2.09. The molecule has 7 nitrogen and oxygen atoms in total. The Morgan fingerprint density at radius 1 is 1.37 bits per heavy atom. The zero-order valence-electron chi connectivity index (χ0n) is 9.55. The molecule has 0 radical (unpaired) electrons. The van der Waals surface area contributed by atoms with Crippen LogP contribution in [0.3, 0.4) is 0 Å². The van der Waals surface area contributed by atoms with Crippen LogP contribution in [0.25, 0.3) is 0 Å². The van der Waals surface area contributed by atoms with Crippen LogP contribution in [0.1, 0.15) is 18.9 Å². The van der Waals surface area contributed by atoms with E-state index in [4.69, 9.17) is 29.0 Å². The number of anilines is 1. The molecule has 2 aromatic rings. The Balaban J connectivity index is 1.92. The van der Waals surface area contributed by atoms with Gasteiger partial charge in [0, 0.05) is 0 Å². The van der Waals surface area contributed by atoms with Gasteiger partial charge < -0.3 is 5.43 Å². The van der Waals surface area contributed by atoms with Crippen molar-refractivity contribution in [3.8, 4) is 0 Å². The second-order valence-electron chi connectivity index (χ2n) is 3.99. The highest BCUT2D eigenvalue weighted by Gasteiger charge is 2.28. The number of tetrazole rings is 1. The van der Waals surface area contributed by atoms with Crippen LogP contribution >= 0.6 is 35.0 Å². The molecule has 0 amide bonds. The van der Waals surface area contributed by atoms with Crippen molar-refractivity contribution < 1.29 is 0 Å². The van der Waals surface area contributed by atoms with Gasteiger partial charge in [0.1, 0.15) is 5.03 Å². The van der Waals surface area contributed by atoms with Crippen LogP contribution < -0.4 is 11.3 Å². The van der Waals surface area contributed by atoms with E-state index in [1.165, 1.54) is 11.8 Å². The molecule has 0 unspecified atom stereocenters. The summed E-state index contributed by atoms with van der Waals surface area (Å²) >= 11 is 13.3. The van der Waals surface area contributed by atoms with Crippen LogP contribution in [0.2, 0.25) is 10.0 Å². The molecule has 2 heterocycles. The fourth-order valence-electron chi connectivity index (χ4n) is 1.51. The number of aromatic nitrogens is 5. The third-order valence-corrected chi connectivity index (χ3v) is 4.22. The molecule has 1 aliphatic carbocycles. The molecule has 10 heteroatoms. The molecule has 1 fully saturated rings. The van der Waals surface area contributed by atoms with Gasteiger partial charge in [0.05, 0.1) is 16.1 Å². The van der Waals surface area contributed by atoms with Gasteiger partial charge in [-0.3, -0.25) is 0 Å². The maximum Gasteiger partial charge on any atom is 0.215 e. The van der Waals surface area contributed by atoms with Gasteiger partial charge in [-0.2, -0.15) is 0 Å². The van der Waals surface area contributed by atoms with E-state index >= 15 is 0 Å². The van der Waals surface area contributed by atoms with Crippen LogP contribution in [0.4, 0.5) is 5.82 Å². The van der Waals surface area contributed by atoms with Crippen molar-refractivity contribution in [2.24, 2.45) is 5.84 Å². The molecule has 19 heavy (non-hydrogen) atoms. The monoisotopic (exact) mass is 317 g/mol. The standard InChI is InChI=1S/C9H9Cl2N7S/c10-5-3-6(11)8(13-7(5)14-12)19-9-15-16-17-18(9)4-1-2-4/h3-4H,1-2,12H2,(H,13,14). The molecular formula is C9H9Cl2N7S. The maximum absolute atomic E-state index is 6.11. The number of nitrogens with zero attached hydrogens (tertiary/aromatic N) is 5. The van der Waals surface area contributed by atoms with Gasteiger partial charge >= 0.3 is 0 Å². The predicted molar refractivity (Wildman–Crippen MR) is 72.3 cm³/mol. The quantitative estimate of drug-likeness (QED) is 0.659. The van der Waals surface area contributed by atoms with E-state index < -0.39 is 0 Å². The Labute approximate surface area is 122 Å². The molecule has 0 bridgehead atoms. The molecular weight excluding hydrogens is 309 g/mol.